The van der Waals surface area contributed by atoms with Crippen molar-refractivity contribution in [1.29, 1.82) is 0 Å². The van der Waals surface area contributed by atoms with E-state index in [9.17, 15) is 4.79 Å². The SMILES string of the molecule is CN=C(NCCCOC1CCOCC1)N1CCC(CC(=O)NC)CC1.I. The van der Waals surface area contributed by atoms with Crippen molar-refractivity contribution in [2.75, 3.05) is 53.6 Å². The largest absolute Gasteiger partial charge is 0.381 e. The Bertz CT molecular complexity index is 423. The number of amides is 1. The molecule has 0 bridgehead atoms. The Morgan fingerprint density at radius 3 is 2.54 bits per heavy atom. The smallest absolute Gasteiger partial charge is 0.220 e. The summed E-state index contributed by atoms with van der Waals surface area (Å²) in [5, 5.41) is 6.15. The second kappa shape index (κ2) is 13.5. The molecule has 0 radical (unpaired) electrons. The fraction of sp³-hybridized carbons (Fsp3) is 0.889. The second-order valence-corrected chi connectivity index (χ2v) is 6.82. The maximum atomic E-state index is 11.5. The third kappa shape index (κ3) is 8.39. The molecule has 2 heterocycles. The van der Waals surface area contributed by atoms with Crippen LogP contribution in [-0.2, 0) is 14.3 Å². The first-order valence-electron chi connectivity index (χ1n) is 9.58. The second-order valence-electron chi connectivity index (χ2n) is 6.82. The highest BCUT2D eigenvalue weighted by atomic mass is 127. The lowest BCUT2D eigenvalue weighted by Crippen LogP contribution is -2.46. The summed E-state index contributed by atoms with van der Waals surface area (Å²) in [6, 6.07) is 0. The molecule has 152 valence electrons. The summed E-state index contributed by atoms with van der Waals surface area (Å²) in [4.78, 5) is 18.2. The van der Waals surface area contributed by atoms with Gasteiger partial charge < -0.3 is 25.0 Å². The van der Waals surface area contributed by atoms with Crippen LogP contribution in [0.25, 0.3) is 0 Å². The van der Waals surface area contributed by atoms with Gasteiger partial charge in [-0.25, -0.2) is 0 Å². The quantitative estimate of drug-likeness (QED) is 0.250. The molecule has 2 rings (SSSR count). The van der Waals surface area contributed by atoms with Crippen molar-refractivity contribution in [3.05, 3.63) is 0 Å². The van der Waals surface area contributed by atoms with Crippen molar-refractivity contribution in [2.45, 2.75) is 44.6 Å². The van der Waals surface area contributed by atoms with Gasteiger partial charge in [0.25, 0.3) is 0 Å². The van der Waals surface area contributed by atoms with E-state index in [2.05, 4.69) is 20.5 Å². The summed E-state index contributed by atoms with van der Waals surface area (Å²) < 4.78 is 11.2. The molecule has 0 unspecified atom stereocenters. The minimum absolute atomic E-state index is 0. The Kier molecular flexibility index (Phi) is 12.2. The standard InChI is InChI=1S/C18H34N4O3.HI/c1-19-17(23)14-15-4-9-22(10-5-15)18(20-2)21-8-3-11-25-16-6-12-24-13-7-16;/h15-16H,3-14H2,1-2H3,(H,19,23)(H,20,21);1H. The molecule has 0 aromatic heterocycles. The number of nitrogens with zero attached hydrogens (tertiary/aromatic N) is 2. The van der Waals surface area contributed by atoms with Gasteiger partial charge in [-0.15, -0.1) is 24.0 Å². The number of aliphatic imine (C=N–C) groups is 1. The van der Waals surface area contributed by atoms with Crippen LogP contribution in [0.3, 0.4) is 0 Å². The van der Waals surface area contributed by atoms with Crippen LogP contribution in [0.4, 0.5) is 0 Å². The van der Waals surface area contributed by atoms with Gasteiger partial charge in [0.1, 0.15) is 0 Å². The molecule has 0 aliphatic carbocycles. The molecule has 2 N–H and O–H groups in total. The van der Waals surface area contributed by atoms with Gasteiger partial charge in [0, 0.05) is 60.0 Å². The zero-order chi connectivity index (χ0) is 17.9. The predicted molar refractivity (Wildman–Crippen MR) is 114 cm³/mol. The minimum Gasteiger partial charge on any atom is -0.381 e. The number of carbonyl (C=O) groups is 1. The number of ether oxygens (including phenoxy) is 2. The Balaban J connectivity index is 0.00000338. The lowest BCUT2D eigenvalue weighted by Gasteiger charge is -2.34. The number of hydrogen-bond donors (Lipinski definition) is 2. The van der Waals surface area contributed by atoms with Gasteiger partial charge in [-0.05, 0) is 38.0 Å². The van der Waals surface area contributed by atoms with E-state index >= 15 is 0 Å². The Morgan fingerprint density at radius 2 is 1.92 bits per heavy atom. The van der Waals surface area contributed by atoms with E-state index < -0.39 is 0 Å². The third-order valence-corrected chi connectivity index (χ3v) is 5.00. The van der Waals surface area contributed by atoms with Crippen LogP contribution >= 0.6 is 24.0 Å². The lowest BCUT2D eigenvalue weighted by molar-refractivity contribution is -0.121. The van der Waals surface area contributed by atoms with Gasteiger partial charge in [-0.3, -0.25) is 9.79 Å². The molecule has 0 spiro atoms. The molecule has 7 nitrogen and oxygen atoms in total. The monoisotopic (exact) mass is 482 g/mol. The van der Waals surface area contributed by atoms with Gasteiger partial charge in [0.15, 0.2) is 5.96 Å². The molecular formula is C18H35IN4O3. The number of guanidine groups is 1. The number of hydrogen-bond acceptors (Lipinski definition) is 4. The third-order valence-electron chi connectivity index (χ3n) is 5.00. The highest BCUT2D eigenvalue weighted by molar-refractivity contribution is 14.0. The summed E-state index contributed by atoms with van der Waals surface area (Å²) in [6.45, 7) is 5.22. The van der Waals surface area contributed by atoms with Crippen LogP contribution in [0.15, 0.2) is 4.99 Å². The molecule has 2 aliphatic rings. The van der Waals surface area contributed by atoms with Crippen LogP contribution in [0, 0.1) is 5.92 Å². The van der Waals surface area contributed by atoms with Crippen molar-refractivity contribution in [3.8, 4) is 0 Å². The van der Waals surface area contributed by atoms with Crippen molar-refractivity contribution < 1.29 is 14.3 Å². The van der Waals surface area contributed by atoms with Gasteiger partial charge in [-0.2, -0.15) is 0 Å². The number of carbonyl (C=O) groups excluding carboxylic acids is 1. The van der Waals surface area contributed by atoms with Gasteiger partial charge >= 0.3 is 0 Å². The molecular weight excluding hydrogens is 447 g/mol. The fourth-order valence-corrected chi connectivity index (χ4v) is 3.41. The lowest BCUT2D eigenvalue weighted by atomic mass is 9.93. The van der Waals surface area contributed by atoms with Crippen LogP contribution in [0.1, 0.15) is 38.5 Å². The molecule has 2 aliphatic heterocycles. The zero-order valence-corrected chi connectivity index (χ0v) is 18.5. The van der Waals surface area contributed by atoms with Crippen LogP contribution in [-0.4, -0.2) is 76.4 Å². The molecule has 8 heteroatoms. The molecule has 26 heavy (non-hydrogen) atoms. The Morgan fingerprint density at radius 1 is 1.23 bits per heavy atom. The molecule has 2 saturated heterocycles. The molecule has 2 fully saturated rings. The summed E-state index contributed by atoms with van der Waals surface area (Å²) >= 11 is 0. The van der Waals surface area contributed by atoms with E-state index in [1.807, 2.05) is 7.05 Å². The first-order valence-corrected chi connectivity index (χ1v) is 9.58. The van der Waals surface area contributed by atoms with E-state index in [-0.39, 0.29) is 29.9 Å². The summed E-state index contributed by atoms with van der Waals surface area (Å²) in [6.07, 6.45) is 6.10. The van der Waals surface area contributed by atoms with E-state index in [0.717, 1.165) is 77.5 Å². The molecule has 0 aromatic rings. The average molecular weight is 482 g/mol. The van der Waals surface area contributed by atoms with E-state index in [0.29, 0.717) is 18.4 Å². The summed E-state index contributed by atoms with van der Waals surface area (Å²) in [7, 11) is 3.53. The maximum Gasteiger partial charge on any atom is 0.220 e. The average Bonchev–Trinajstić information content (AvgIpc) is 2.66. The number of rotatable bonds is 7. The first-order chi connectivity index (χ1) is 12.2. The Labute approximate surface area is 174 Å². The first kappa shape index (κ1) is 23.4. The maximum absolute atomic E-state index is 11.5. The number of piperidine rings is 1. The van der Waals surface area contributed by atoms with Crippen molar-refractivity contribution in [2.24, 2.45) is 10.9 Å². The summed E-state index contributed by atoms with van der Waals surface area (Å²) in [5.74, 6) is 1.59. The molecule has 1 amide bonds. The van der Waals surface area contributed by atoms with Gasteiger partial charge in [-0.1, -0.05) is 0 Å². The van der Waals surface area contributed by atoms with Crippen molar-refractivity contribution in [1.82, 2.24) is 15.5 Å². The minimum atomic E-state index is 0. The van der Waals surface area contributed by atoms with E-state index in [1.54, 1.807) is 7.05 Å². The van der Waals surface area contributed by atoms with Crippen LogP contribution < -0.4 is 10.6 Å². The van der Waals surface area contributed by atoms with Crippen LogP contribution in [0.5, 0.6) is 0 Å². The molecule has 0 atom stereocenters. The number of likely N-dealkylation sites (tertiary alicyclic amines) is 1. The Hall–Kier alpha value is -0.610. The normalized spacial score (nSPS) is 19.8. The highest BCUT2D eigenvalue weighted by Crippen LogP contribution is 2.20. The predicted octanol–water partition coefficient (Wildman–Crippen LogP) is 1.61. The topological polar surface area (TPSA) is 75.2 Å². The van der Waals surface area contributed by atoms with Gasteiger partial charge in [0.05, 0.1) is 6.10 Å². The fourth-order valence-electron chi connectivity index (χ4n) is 3.41. The zero-order valence-electron chi connectivity index (χ0n) is 16.2. The van der Waals surface area contributed by atoms with Crippen molar-refractivity contribution in [3.63, 3.8) is 0 Å². The number of halogens is 1. The van der Waals surface area contributed by atoms with E-state index in [1.165, 1.54) is 0 Å². The number of nitrogens with one attached hydrogen (secondary N) is 2. The van der Waals surface area contributed by atoms with E-state index in [4.69, 9.17) is 9.47 Å². The summed E-state index contributed by atoms with van der Waals surface area (Å²) in [5.41, 5.74) is 0. The molecule has 0 aromatic carbocycles. The molecule has 0 saturated carbocycles. The van der Waals surface area contributed by atoms with Crippen LogP contribution in [0.2, 0.25) is 0 Å². The van der Waals surface area contributed by atoms with Crippen molar-refractivity contribution >= 4 is 35.8 Å². The van der Waals surface area contributed by atoms with Gasteiger partial charge in [0.2, 0.25) is 5.91 Å². The highest BCUT2D eigenvalue weighted by Gasteiger charge is 2.23.